The summed E-state index contributed by atoms with van der Waals surface area (Å²) >= 11 is 0. The fourth-order valence-electron chi connectivity index (χ4n) is 2.30. The largest absolute Gasteiger partial charge is 0.468 e. The van der Waals surface area contributed by atoms with Gasteiger partial charge in [-0.25, -0.2) is 4.98 Å². The normalized spacial score (nSPS) is 20.3. The predicted octanol–water partition coefficient (Wildman–Crippen LogP) is 0.290. The number of aromatic nitrogens is 1. The Morgan fingerprint density at radius 1 is 1.56 bits per heavy atom. The first-order valence-electron chi connectivity index (χ1n) is 6.00. The molecule has 0 amide bonds. The van der Waals surface area contributed by atoms with E-state index >= 15 is 0 Å². The van der Waals surface area contributed by atoms with E-state index in [2.05, 4.69) is 16.8 Å². The van der Waals surface area contributed by atoms with Crippen LogP contribution in [0.4, 0.5) is 5.82 Å². The summed E-state index contributed by atoms with van der Waals surface area (Å²) in [6.07, 6.45) is 1.73. The van der Waals surface area contributed by atoms with E-state index in [-0.39, 0.29) is 6.04 Å². The Morgan fingerprint density at radius 3 is 3.22 bits per heavy atom. The molecule has 0 aromatic carbocycles. The van der Waals surface area contributed by atoms with Gasteiger partial charge in [-0.05, 0) is 19.1 Å². The predicted molar refractivity (Wildman–Crippen MR) is 69.2 cm³/mol. The van der Waals surface area contributed by atoms with Crippen LogP contribution in [0.1, 0.15) is 6.92 Å². The Kier molecular flexibility index (Phi) is 2.97. The molecule has 6 heteroatoms. The lowest BCUT2D eigenvalue weighted by Gasteiger charge is -2.34. The maximum absolute atomic E-state index is 9.02. The summed E-state index contributed by atoms with van der Waals surface area (Å²) < 4.78 is 10.9. The Hall–Kier alpha value is -1.53. The van der Waals surface area contributed by atoms with E-state index in [4.69, 9.17) is 14.2 Å². The molecule has 5 nitrogen and oxygen atoms in total. The van der Waals surface area contributed by atoms with Crippen molar-refractivity contribution >= 4 is 29.9 Å². The van der Waals surface area contributed by atoms with Gasteiger partial charge in [0.05, 0.1) is 30.3 Å². The molecule has 1 N–H and O–H groups in total. The molecule has 3 heterocycles. The third-order valence-corrected chi connectivity index (χ3v) is 3.21. The van der Waals surface area contributed by atoms with Gasteiger partial charge in [0.2, 0.25) is 0 Å². The molecule has 93 valence electrons. The average Bonchev–Trinajstić information content (AvgIpc) is 2.82. The summed E-state index contributed by atoms with van der Waals surface area (Å²) in [5.41, 5.74) is 1.18. The first-order chi connectivity index (χ1) is 8.79. The van der Waals surface area contributed by atoms with E-state index < -0.39 is 0 Å². The van der Waals surface area contributed by atoms with Gasteiger partial charge in [0, 0.05) is 12.7 Å². The highest BCUT2D eigenvalue weighted by atomic mass is 16.5. The van der Waals surface area contributed by atoms with Crippen LogP contribution in [0.2, 0.25) is 0 Å². The van der Waals surface area contributed by atoms with Crippen molar-refractivity contribution in [1.82, 2.24) is 4.98 Å². The van der Waals surface area contributed by atoms with Gasteiger partial charge in [-0.3, -0.25) is 0 Å². The molecule has 1 unspecified atom stereocenters. The van der Waals surface area contributed by atoms with Crippen molar-refractivity contribution in [1.29, 1.82) is 0 Å². The lowest BCUT2D eigenvalue weighted by Crippen LogP contribution is -2.44. The average molecular weight is 245 g/mol. The molecule has 1 radical (unpaired) electrons. The van der Waals surface area contributed by atoms with Gasteiger partial charge in [-0.15, -0.1) is 0 Å². The van der Waals surface area contributed by atoms with Crippen LogP contribution < -0.4 is 10.6 Å². The van der Waals surface area contributed by atoms with Crippen LogP contribution in [-0.2, 0) is 4.74 Å². The topological polar surface area (TPSA) is 58.7 Å². The second-order valence-electron chi connectivity index (χ2n) is 4.44. The third-order valence-electron chi connectivity index (χ3n) is 3.21. The summed E-state index contributed by atoms with van der Waals surface area (Å²) in [6.45, 7) is 4.34. The zero-order valence-electron chi connectivity index (χ0n) is 10.2. The summed E-state index contributed by atoms with van der Waals surface area (Å²) in [5.74, 6) is 0.889. The number of ether oxygens (including phenoxy) is 1. The number of hydrogen-bond acceptors (Lipinski definition) is 5. The Morgan fingerprint density at radius 2 is 2.44 bits per heavy atom. The Balaban J connectivity index is 2.07. The van der Waals surface area contributed by atoms with Gasteiger partial charge in [-0.1, -0.05) is 0 Å². The molecule has 2 aromatic heterocycles. The molecule has 0 spiro atoms. The molecular formula is C12H14BN2O3. The van der Waals surface area contributed by atoms with E-state index in [1.54, 1.807) is 18.3 Å². The fraction of sp³-hybridized carbons (Fsp3) is 0.417. The van der Waals surface area contributed by atoms with E-state index in [1.165, 1.54) is 0 Å². The number of hydrogen-bond donors (Lipinski definition) is 1. The minimum Gasteiger partial charge on any atom is -0.468 e. The maximum Gasteiger partial charge on any atom is 0.373 e. The minimum atomic E-state index is 0.285. The van der Waals surface area contributed by atoms with Crippen molar-refractivity contribution in [2.45, 2.75) is 13.0 Å². The summed E-state index contributed by atoms with van der Waals surface area (Å²) in [5, 5.41) is 9.94. The van der Waals surface area contributed by atoms with Gasteiger partial charge in [0.25, 0.3) is 0 Å². The van der Waals surface area contributed by atoms with Crippen LogP contribution in [0, 0.1) is 0 Å². The summed E-state index contributed by atoms with van der Waals surface area (Å²) in [6, 6.07) is 3.89. The molecule has 0 saturated carbocycles. The van der Waals surface area contributed by atoms with E-state index in [0.29, 0.717) is 18.9 Å². The second-order valence-corrected chi connectivity index (χ2v) is 4.44. The first kappa shape index (κ1) is 11.6. The number of furan rings is 1. The molecule has 1 aliphatic heterocycles. The summed E-state index contributed by atoms with van der Waals surface area (Å²) in [7, 11) is 0.965. The number of pyridine rings is 1. The maximum atomic E-state index is 9.02. The number of anilines is 1. The van der Waals surface area contributed by atoms with Gasteiger partial charge < -0.3 is 19.1 Å². The van der Waals surface area contributed by atoms with Gasteiger partial charge in [0.1, 0.15) is 11.4 Å². The molecule has 0 bridgehead atoms. The highest BCUT2D eigenvalue weighted by Gasteiger charge is 2.23. The van der Waals surface area contributed by atoms with E-state index in [0.717, 1.165) is 30.8 Å². The van der Waals surface area contributed by atoms with Crippen molar-refractivity contribution in [3.05, 3.63) is 18.3 Å². The SMILES string of the molecule is CC1COCCN1c1nccc2oc([B]O)cc12. The number of nitrogens with zero attached hydrogens (tertiary/aromatic N) is 2. The lowest BCUT2D eigenvalue weighted by atomic mass is 9.98. The second kappa shape index (κ2) is 4.63. The van der Waals surface area contributed by atoms with Gasteiger partial charge in [0.15, 0.2) is 0 Å². The highest BCUT2D eigenvalue weighted by Crippen LogP contribution is 2.26. The van der Waals surface area contributed by atoms with Crippen molar-refractivity contribution in [3.8, 4) is 0 Å². The monoisotopic (exact) mass is 245 g/mol. The van der Waals surface area contributed by atoms with E-state index in [9.17, 15) is 0 Å². The van der Waals surface area contributed by atoms with Crippen LogP contribution >= 0.6 is 0 Å². The summed E-state index contributed by atoms with van der Waals surface area (Å²) in [4.78, 5) is 6.65. The minimum absolute atomic E-state index is 0.285. The Labute approximate surface area is 106 Å². The highest BCUT2D eigenvalue weighted by molar-refractivity contribution is 6.44. The number of fused-ring (bicyclic) bond motifs is 1. The Bertz CT molecular complexity index is 557. The molecule has 1 saturated heterocycles. The van der Waals surface area contributed by atoms with Crippen molar-refractivity contribution in [2.24, 2.45) is 0 Å². The van der Waals surface area contributed by atoms with Crippen LogP contribution in [0.3, 0.4) is 0 Å². The van der Waals surface area contributed by atoms with Crippen molar-refractivity contribution < 1.29 is 14.2 Å². The standard InChI is InChI=1S/C12H14BN2O3/c1-8-7-17-5-4-15(8)12-9-6-11(13-16)18-10(9)2-3-14-12/h2-3,6,8,16H,4-5,7H2,1H3. The molecule has 18 heavy (non-hydrogen) atoms. The molecule has 1 atom stereocenters. The van der Waals surface area contributed by atoms with Crippen LogP contribution in [-0.4, -0.2) is 43.3 Å². The van der Waals surface area contributed by atoms with Crippen LogP contribution in [0.25, 0.3) is 11.0 Å². The molecular weight excluding hydrogens is 231 g/mol. The quantitative estimate of drug-likeness (QED) is 0.770. The smallest absolute Gasteiger partial charge is 0.373 e. The molecule has 3 rings (SSSR count). The number of morpholine rings is 1. The first-order valence-corrected chi connectivity index (χ1v) is 6.00. The van der Waals surface area contributed by atoms with Gasteiger partial charge in [-0.2, -0.15) is 0 Å². The molecule has 1 fully saturated rings. The zero-order valence-corrected chi connectivity index (χ0v) is 10.2. The molecule has 0 aliphatic carbocycles. The van der Waals surface area contributed by atoms with Gasteiger partial charge >= 0.3 is 7.48 Å². The molecule has 2 aromatic rings. The van der Waals surface area contributed by atoms with Crippen LogP contribution in [0.5, 0.6) is 0 Å². The van der Waals surface area contributed by atoms with Crippen molar-refractivity contribution in [3.63, 3.8) is 0 Å². The third kappa shape index (κ3) is 1.87. The van der Waals surface area contributed by atoms with Crippen molar-refractivity contribution in [2.75, 3.05) is 24.7 Å². The van der Waals surface area contributed by atoms with Crippen LogP contribution in [0.15, 0.2) is 22.7 Å². The lowest BCUT2D eigenvalue weighted by molar-refractivity contribution is 0.0987. The zero-order chi connectivity index (χ0) is 12.5. The fourth-order valence-corrected chi connectivity index (χ4v) is 2.30. The number of rotatable bonds is 2. The van der Waals surface area contributed by atoms with E-state index in [1.807, 2.05) is 0 Å². The molecule has 1 aliphatic rings.